The van der Waals surface area contributed by atoms with Gasteiger partial charge in [-0.25, -0.2) is 0 Å². The molecule has 0 atom stereocenters. The fourth-order valence-corrected chi connectivity index (χ4v) is 3.20. The van der Waals surface area contributed by atoms with Crippen molar-refractivity contribution in [2.24, 2.45) is 7.05 Å². The second kappa shape index (κ2) is 6.66. The number of carbonyl (C=O) groups is 2. The second-order valence-electron chi connectivity index (χ2n) is 5.02. The van der Waals surface area contributed by atoms with Crippen molar-refractivity contribution in [3.05, 3.63) is 38.3 Å². The fraction of sp³-hybridized carbons (Fsp3) is 0.308. The predicted octanol–water partition coefficient (Wildman–Crippen LogP) is 2.47. The van der Waals surface area contributed by atoms with Gasteiger partial charge in [-0.15, -0.1) is 0 Å². The van der Waals surface area contributed by atoms with Crippen molar-refractivity contribution in [2.75, 3.05) is 0 Å². The summed E-state index contributed by atoms with van der Waals surface area (Å²) in [5, 5.41) is 6.77. The zero-order valence-corrected chi connectivity index (χ0v) is 15.4. The average molecular weight is 433 g/mol. The Kier molecular flexibility index (Phi) is 5.07. The van der Waals surface area contributed by atoms with Gasteiger partial charge in [-0.1, -0.05) is 13.8 Å². The number of rotatable bonds is 3. The molecule has 2 aromatic heterocycles. The van der Waals surface area contributed by atoms with Crippen LogP contribution in [0.5, 0.6) is 0 Å². The number of halogens is 2. The van der Waals surface area contributed by atoms with E-state index in [4.69, 9.17) is 0 Å². The van der Waals surface area contributed by atoms with Crippen LogP contribution in [0.2, 0.25) is 0 Å². The number of carbonyl (C=O) groups excluding carboxylic acids is 2. The Labute approximate surface area is 144 Å². The SMILES string of the molecule is CC(C)c1[nH]nc(C(=O)NNC(=O)c2cc(Br)cn2C)c1Br. The number of aromatic amines is 1. The summed E-state index contributed by atoms with van der Waals surface area (Å²) in [4.78, 5) is 24.1. The molecule has 0 fully saturated rings. The van der Waals surface area contributed by atoms with E-state index < -0.39 is 11.8 Å². The lowest BCUT2D eigenvalue weighted by molar-refractivity contribution is 0.0839. The summed E-state index contributed by atoms with van der Waals surface area (Å²) in [6, 6.07) is 1.66. The van der Waals surface area contributed by atoms with Crippen LogP contribution in [-0.4, -0.2) is 26.6 Å². The highest BCUT2D eigenvalue weighted by atomic mass is 79.9. The summed E-state index contributed by atoms with van der Waals surface area (Å²) in [6.07, 6.45) is 1.75. The molecule has 22 heavy (non-hydrogen) atoms. The van der Waals surface area contributed by atoms with Crippen LogP contribution in [0.15, 0.2) is 21.2 Å². The first-order chi connectivity index (χ1) is 10.3. The highest BCUT2D eigenvalue weighted by molar-refractivity contribution is 9.10. The smallest absolute Gasteiger partial charge is 0.291 e. The lowest BCUT2D eigenvalue weighted by Crippen LogP contribution is -2.42. The lowest BCUT2D eigenvalue weighted by atomic mass is 10.1. The molecule has 9 heteroatoms. The zero-order valence-electron chi connectivity index (χ0n) is 12.2. The van der Waals surface area contributed by atoms with Crippen LogP contribution in [0.1, 0.15) is 46.4 Å². The number of hydrogen-bond donors (Lipinski definition) is 3. The fourth-order valence-electron chi connectivity index (χ4n) is 1.86. The number of aryl methyl sites for hydroxylation is 1. The van der Waals surface area contributed by atoms with Gasteiger partial charge in [0.1, 0.15) is 5.69 Å². The van der Waals surface area contributed by atoms with E-state index in [9.17, 15) is 9.59 Å². The summed E-state index contributed by atoms with van der Waals surface area (Å²) >= 11 is 6.63. The molecule has 0 radical (unpaired) electrons. The molecule has 2 rings (SSSR count). The summed E-state index contributed by atoms with van der Waals surface area (Å²) in [5.41, 5.74) is 6.14. The van der Waals surface area contributed by atoms with Crippen LogP contribution in [-0.2, 0) is 7.05 Å². The van der Waals surface area contributed by atoms with Crippen molar-refractivity contribution in [3.63, 3.8) is 0 Å². The number of H-pyrrole nitrogens is 1. The van der Waals surface area contributed by atoms with Gasteiger partial charge in [0, 0.05) is 17.7 Å². The second-order valence-corrected chi connectivity index (χ2v) is 6.73. The molecule has 0 aliphatic carbocycles. The van der Waals surface area contributed by atoms with E-state index in [2.05, 4.69) is 52.9 Å². The van der Waals surface area contributed by atoms with E-state index in [1.165, 1.54) is 0 Å². The lowest BCUT2D eigenvalue weighted by Gasteiger charge is -2.07. The Bertz CT molecular complexity index is 720. The normalized spacial score (nSPS) is 10.8. The van der Waals surface area contributed by atoms with Crippen molar-refractivity contribution >= 4 is 43.7 Å². The quantitative estimate of drug-likeness (QED) is 0.650. The van der Waals surface area contributed by atoms with Crippen LogP contribution in [0.3, 0.4) is 0 Å². The Hall–Kier alpha value is -1.61. The van der Waals surface area contributed by atoms with E-state index in [1.54, 1.807) is 23.9 Å². The van der Waals surface area contributed by atoms with Gasteiger partial charge in [-0.05, 0) is 43.8 Å². The van der Waals surface area contributed by atoms with Crippen LogP contribution in [0.4, 0.5) is 0 Å². The molecular formula is C13H15Br2N5O2. The van der Waals surface area contributed by atoms with E-state index in [0.717, 1.165) is 10.2 Å². The van der Waals surface area contributed by atoms with Crippen LogP contribution < -0.4 is 10.9 Å². The monoisotopic (exact) mass is 431 g/mol. The summed E-state index contributed by atoms with van der Waals surface area (Å²) < 4.78 is 3.02. The summed E-state index contributed by atoms with van der Waals surface area (Å²) in [7, 11) is 1.74. The van der Waals surface area contributed by atoms with Crippen LogP contribution >= 0.6 is 31.9 Å². The predicted molar refractivity (Wildman–Crippen MR) is 88.4 cm³/mol. The van der Waals surface area contributed by atoms with Crippen molar-refractivity contribution in [1.82, 2.24) is 25.6 Å². The number of hydrazine groups is 1. The Balaban J connectivity index is 2.04. The van der Waals surface area contributed by atoms with E-state index in [0.29, 0.717) is 10.2 Å². The third kappa shape index (κ3) is 3.41. The molecule has 2 aromatic rings. The van der Waals surface area contributed by atoms with Crippen molar-refractivity contribution in [3.8, 4) is 0 Å². The highest BCUT2D eigenvalue weighted by Crippen LogP contribution is 2.25. The Morgan fingerprint density at radius 3 is 2.41 bits per heavy atom. The Morgan fingerprint density at radius 2 is 1.91 bits per heavy atom. The van der Waals surface area contributed by atoms with E-state index in [1.807, 2.05) is 13.8 Å². The van der Waals surface area contributed by atoms with Crippen molar-refractivity contribution in [2.45, 2.75) is 19.8 Å². The number of amides is 2. The number of nitrogens with zero attached hydrogens (tertiary/aromatic N) is 2. The average Bonchev–Trinajstić information content (AvgIpc) is 2.98. The van der Waals surface area contributed by atoms with Gasteiger partial charge in [0.05, 0.1) is 10.2 Å². The standard InChI is InChI=1S/C13H15Br2N5O2/c1-6(2)10-9(15)11(17-16-10)13(22)19-18-12(21)8-4-7(14)5-20(8)3/h4-6H,1-3H3,(H,16,17)(H,18,21)(H,19,22). The minimum Gasteiger partial charge on any atom is -0.345 e. The van der Waals surface area contributed by atoms with Crippen molar-refractivity contribution < 1.29 is 9.59 Å². The molecule has 0 aliphatic rings. The molecule has 3 N–H and O–H groups in total. The third-order valence-electron chi connectivity index (χ3n) is 3.02. The molecule has 0 saturated carbocycles. The molecule has 2 heterocycles. The molecule has 0 saturated heterocycles. The topological polar surface area (TPSA) is 91.8 Å². The van der Waals surface area contributed by atoms with Gasteiger partial charge >= 0.3 is 0 Å². The van der Waals surface area contributed by atoms with Gasteiger partial charge in [0.15, 0.2) is 5.69 Å². The first-order valence-corrected chi connectivity index (χ1v) is 8.06. The molecule has 0 aliphatic heterocycles. The zero-order chi connectivity index (χ0) is 16.4. The van der Waals surface area contributed by atoms with Crippen molar-refractivity contribution in [1.29, 1.82) is 0 Å². The van der Waals surface area contributed by atoms with Gasteiger partial charge < -0.3 is 4.57 Å². The van der Waals surface area contributed by atoms with Crippen LogP contribution in [0.25, 0.3) is 0 Å². The first kappa shape index (κ1) is 16.8. The number of nitrogens with one attached hydrogen (secondary N) is 3. The largest absolute Gasteiger partial charge is 0.345 e. The van der Waals surface area contributed by atoms with E-state index in [-0.39, 0.29) is 11.6 Å². The highest BCUT2D eigenvalue weighted by Gasteiger charge is 2.20. The Morgan fingerprint density at radius 1 is 1.27 bits per heavy atom. The molecular weight excluding hydrogens is 418 g/mol. The van der Waals surface area contributed by atoms with Gasteiger partial charge in [-0.2, -0.15) is 5.10 Å². The number of aromatic nitrogens is 3. The first-order valence-electron chi connectivity index (χ1n) is 6.47. The maximum Gasteiger partial charge on any atom is 0.291 e. The van der Waals surface area contributed by atoms with Gasteiger partial charge in [0.25, 0.3) is 11.8 Å². The molecule has 2 amide bonds. The maximum atomic E-state index is 12.1. The van der Waals surface area contributed by atoms with Crippen LogP contribution in [0, 0.1) is 0 Å². The van der Waals surface area contributed by atoms with E-state index >= 15 is 0 Å². The number of hydrogen-bond acceptors (Lipinski definition) is 3. The maximum absolute atomic E-state index is 12.1. The minimum atomic E-state index is -0.503. The molecule has 0 spiro atoms. The molecule has 7 nitrogen and oxygen atoms in total. The molecule has 118 valence electrons. The minimum absolute atomic E-state index is 0.192. The molecule has 0 unspecified atom stereocenters. The van der Waals surface area contributed by atoms with Gasteiger partial charge in [-0.3, -0.25) is 25.5 Å². The molecule has 0 aromatic carbocycles. The molecule has 0 bridgehead atoms. The third-order valence-corrected chi connectivity index (χ3v) is 4.26. The summed E-state index contributed by atoms with van der Waals surface area (Å²) in [6.45, 7) is 3.96. The summed E-state index contributed by atoms with van der Waals surface area (Å²) in [5.74, 6) is -0.729. The van der Waals surface area contributed by atoms with Gasteiger partial charge in [0.2, 0.25) is 0 Å².